The third kappa shape index (κ3) is 4.49. The summed E-state index contributed by atoms with van der Waals surface area (Å²) < 4.78 is 1.26. The van der Waals surface area contributed by atoms with Crippen LogP contribution in [0.4, 0.5) is 5.82 Å². The van der Waals surface area contributed by atoms with Gasteiger partial charge in [-0.3, -0.25) is 9.36 Å². The summed E-state index contributed by atoms with van der Waals surface area (Å²) in [7, 11) is 1.70. The van der Waals surface area contributed by atoms with Gasteiger partial charge in [-0.2, -0.15) is 0 Å². The molecule has 2 heterocycles. The number of anilines is 1. The van der Waals surface area contributed by atoms with Crippen molar-refractivity contribution < 1.29 is 20.1 Å². The van der Waals surface area contributed by atoms with E-state index < -0.39 is 24.2 Å². The van der Waals surface area contributed by atoms with Crippen LogP contribution in [0.3, 0.4) is 0 Å². The number of nitrogens with one attached hydrogen (secondary N) is 1. The zero-order valence-electron chi connectivity index (χ0n) is 16.7. The maximum absolute atomic E-state index is 11.3. The molecule has 9 heteroatoms. The van der Waals surface area contributed by atoms with Gasteiger partial charge in [0, 0.05) is 13.0 Å². The van der Waals surface area contributed by atoms with Crippen LogP contribution in [-0.2, 0) is 4.79 Å². The normalized spacial score (nSPS) is 17.9. The van der Waals surface area contributed by atoms with Gasteiger partial charge in [-0.1, -0.05) is 32.1 Å². The standard InChI is InChI=1S/C20H27N5O4/c1-3-13(20(28)29)16(26)19(27)25-11-22-15-17(21-2)23-14(24-18(15)25)10-9-12-7-5-4-6-8-12/h11-13,16,19,26-27H,3-8H2,1-2H3,(H,28,29)(H,21,23,24)/t13-,16+,19+/m0/s1. The quantitative estimate of drug-likeness (QED) is 0.538. The smallest absolute Gasteiger partial charge is 0.309 e. The Kier molecular flexibility index (Phi) is 6.67. The molecule has 29 heavy (non-hydrogen) atoms. The molecular weight excluding hydrogens is 374 g/mol. The zero-order chi connectivity index (χ0) is 21.0. The summed E-state index contributed by atoms with van der Waals surface area (Å²) in [5.74, 6) is 5.06. The molecule has 0 amide bonds. The van der Waals surface area contributed by atoms with Crippen molar-refractivity contribution in [3.8, 4) is 11.8 Å². The van der Waals surface area contributed by atoms with Gasteiger partial charge in [0.25, 0.3) is 0 Å². The van der Waals surface area contributed by atoms with E-state index in [2.05, 4.69) is 32.1 Å². The molecule has 0 aromatic carbocycles. The lowest BCUT2D eigenvalue weighted by molar-refractivity contribution is -0.152. The maximum Gasteiger partial charge on any atom is 0.309 e. The van der Waals surface area contributed by atoms with Crippen LogP contribution in [-0.4, -0.2) is 54.0 Å². The van der Waals surface area contributed by atoms with Crippen LogP contribution in [0.25, 0.3) is 11.2 Å². The number of carboxylic acid groups (broad SMARTS) is 1. The van der Waals surface area contributed by atoms with Crippen LogP contribution < -0.4 is 5.32 Å². The molecule has 0 aliphatic heterocycles. The molecule has 2 aromatic heterocycles. The Morgan fingerprint density at radius 3 is 2.66 bits per heavy atom. The fourth-order valence-electron chi connectivity index (χ4n) is 3.69. The average Bonchev–Trinajstić information content (AvgIpc) is 3.16. The number of rotatable bonds is 6. The van der Waals surface area contributed by atoms with Crippen LogP contribution in [0.5, 0.6) is 0 Å². The second kappa shape index (κ2) is 9.20. The van der Waals surface area contributed by atoms with Crippen LogP contribution in [0.2, 0.25) is 0 Å². The van der Waals surface area contributed by atoms with Gasteiger partial charge in [0.05, 0.1) is 12.2 Å². The van der Waals surface area contributed by atoms with Crippen molar-refractivity contribution in [2.45, 2.75) is 57.8 Å². The summed E-state index contributed by atoms with van der Waals surface area (Å²) >= 11 is 0. The highest BCUT2D eigenvalue weighted by Gasteiger charge is 2.32. The molecule has 0 radical (unpaired) electrons. The average molecular weight is 401 g/mol. The number of aromatic nitrogens is 4. The Hall–Kier alpha value is -2.70. The lowest BCUT2D eigenvalue weighted by Crippen LogP contribution is -2.35. The first-order chi connectivity index (χ1) is 14.0. The van der Waals surface area contributed by atoms with Crippen LogP contribution in [0.15, 0.2) is 6.33 Å². The number of aliphatic hydroxyl groups excluding tert-OH is 2. The molecule has 0 bridgehead atoms. The predicted molar refractivity (Wildman–Crippen MR) is 107 cm³/mol. The molecule has 3 rings (SSSR count). The summed E-state index contributed by atoms with van der Waals surface area (Å²) in [6.07, 6.45) is 4.23. The van der Waals surface area contributed by atoms with E-state index in [1.807, 2.05) is 0 Å². The van der Waals surface area contributed by atoms with Gasteiger partial charge in [0.15, 0.2) is 23.2 Å². The molecule has 1 saturated carbocycles. The highest BCUT2D eigenvalue weighted by molar-refractivity contribution is 5.83. The molecule has 0 spiro atoms. The Morgan fingerprint density at radius 1 is 1.31 bits per heavy atom. The van der Waals surface area contributed by atoms with Gasteiger partial charge in [-0.05, 0) is 25.2 Å². The minimum Gasteiger partial charge on any atom is -0.481 e. The number of imidazole rings is 1. The SMILES string of the molecule is CC[C@H](C(=O)O)[C@@H](O)[C@@H](O)n1cnc2c(NC)nc(C#CC3CCCCC3)nc21. The van der Waals surface area contributed by atoms with Crippen LogP contribution >= 0.6 is 0 Å². The van der Waals surface area contributed by atoms with Crippen molar-refractivity contribution >= 4 is 23.0 Å². The van der Waals surface area contributed by atoms with Gasteiger partial charge >= 0.3 is 5.97 Å². The summed E-state index contributed by atoms with van der Waals surface area (Å²) in [4.78, 5) is 24.4. The molecule has 1 fully saturated rings. The lowest BCUT2D eigenvalue weighted by atomic mass is 9.90. The molecule has 9 nitrogen and oxygen atoms in total. The second-order valence-electron chi connectivity index (χ2n) is 7.33. The van der Waals surface area contributed by atoms with Crippen molar-refractivity contribution in [2.24, 2.45) is 11.8 Å². The Labute approximate surface area is 169 Å². The van der Waals surface area contributed by atoms with E-state index in [1.165, 1.54) is 30.2 Å². The van der Waals surface area contributed by atoms with Crippen molar-refractivity contribution in [3.05, 3.63) is 12.2 Å². The number of aliphatic carboxylic acids is 1. The number of hydrogen-bond donors (Lipinski definition) is 4. The van der Waals surface area contributed by atoms with Crippen LogP contribution in [0, 0.1) is 23.7 Å². The molecule has 3 atom stereocenters. The Bertz CT molecular complexity index is 926. The van der Waals surface area contributed by atoms with E-state index >= 15 is 0 Å². The van der Waals surface area contributed by atoms with E-state index in [-0.39, 0.29) is 12.1 Å². The first-order valence-corrected chi connectivity index (χ1v) is 9.99. The second-order valence-corrected chi connectivity index (χ2v) is 7.33. The third-order valence-corrected chi connectivity index (χ3v) is 5.41. The molecule has 0 unspecified atom stereocenters. The minimum absolute atomic E-state index is 0.176. The molecular formula is C20H27N5O4. The van der Waals surface area contributed by atoms with E-state index in [9.17, 15) is 20.1 Å². The molecule has 2 aromatic rings. The van der Waals surface area contributed by atoms with Crippen LogP contribution in [0.1, 0.15) is 57.5 Å². The van der Waals surface area contributed by atoms with Gasteiger partial charge < -0.3 is 20.6 Å². The van der Waals surface area contributed by atoms with Gasteiger partial charge in [0.1, 0.15) is 6.10 Å². The first-order valence-electron chi connectivity index (χ1n) is 9.99. The van der Waals surface area contributed by atoms with E-state index in [1.54, 1.807) is 14.0 Å². The Balaban J connectivity index is 1.97. The van der Waals surface area contributed by atoms with Crippen molar-refractivity contribution in [2.75, 3.05) is 12.4 Å². The summed E-state index contributed by atoms with van der Waals surface area (Å²) in [6.45, 7) is 1.64. The Morgan fingerprint density at radius 2 is 2.03 bits per heavy atom. The number of carboxylic acids is 1. The summed E-state index contributed by atoms with van der Waals surface area (Å²) in [5.41, 5.74) is 0.689. The topological polar surface area (TPSA) is 133 Å². The predicted octanol–water partition coefficient (Wildman–Crippen LogP) is 1.76. The first kappa shape index (κ1) is 21.0. The van der Waals surface area contributed by atoms with E-state index in [4.69, 9.17) is 0 Å². The number of carbonyl (C=O) groups is 1. The van der Waals surface area contributed by atoms with Gasteiger partial charge in [0.2, 0.25) is 5.82 Å². The monoisotopic (exact) mass is 401 g/mol. The van der Waals surface area contributed by atoms with Gasteiger partial charge in [-0.25, -0.2) is 15.0 Å². The number of aliphatic hydroxyl groups is 2. The minimum atomic E-state index is -1.51. The molecule has 156 valence electrons. The number of fused-ring (bicyclic) bond motifs is 1. The number of nitrogens with zero attached hydrogens (tertiary/aromatic N) is 4. The van der Waals surface area contributed by atoms with Crippen molar-refractivity contribution in [1.82, 2.24) is 19.5 Å². The molecule has 1 aliphatic rings. The largest absolute Gasteiger partial charge is 0.481 e. The number of hydrogen-bond acceptors (Lipinski definition) is 7. The highest BCUT2D eigenvalue weighted by Crippen LogP contribution is 2.26. The van der Waals surface area contributed by atoms with Gasteiger partial charge in [-0.15, -0.1) is 0 Å². The third-order valence-electron chi connectivity index (χ3n) is 5.41. The van der Waals surface area contributed by atoms with E-state index in [0.717, 1.165) is 12.8 Å². The van der Waals surface area contributed by atoms with Crippen molar-refractivity contribution in [1.29, 1.82) is 0 Å². The fraction of sp³-hybridized carbons (Fsp3) is 0.600. The van der Waals surface area contributed by atoms with E-state index in [0.29, 0.717) is 23.1 Å². The summed E-state index contributed by atoms with van der Waals surface area (Å²) in [5, 5.41) is 33.2. The zero-order valence-corrected chi connectivity index (χ0v) is 16.7. The molecule has 0 saturated heterocycles. The lowest BCUT2D eigenvalue weighted by Gasteiger charge is -2.24. The fourth-order valence-corrected chi connectivity index (χ4v) is 3.69. The molecule has 1 aliphatic carbocycles. The maximum atomic E-state index is 11.3. The molecule has 4 N–H and O–H groups in total. The summed E-state index contributed by atoms with van der Waals surface area (Å²) in [6, 6.07) is 0. The highest BCUT2D eigenvalue weighted by atomic mass is 16.4. The van der Waals surface area contributed by atoms with Crippen molar-refractivity contribution in [3.63, 3.8) is 0 Å².